The second kappa shape index (κ2) is 6.23. The first kappa shape index (κ1) is 13.7. The molecule has 84 valence electrons. The van der Waals surface area contributed by atoms with Gasteiger partial charge in [0.25, 0.3) is 0 Å². The lowest BCUT2D eigenvalue weighted by Gasteiger charge is -2.31. The summed E-state index contributed by atoms with van der Waals surface area (Å²) < 4.78 is 0. The van der Waals surface area contributed by atoms with Crippen molar-refractivity contribution >= 4 is 0 Å². The Balaban J connectivity index is 3.75. The molecule has 0 bridgehead atoms. The Bertz CT molecular complexity index is 159. The van der Waals surface area contributed by atoms with Crippen LogP contribution in [0.1, 0.15) is 47.5 Å². The van der Waals surface area contributed by atoms with Crippen molar-refractivity contribution < 1.29 is 0 Å². The molecular formula is C13H27N. The lowest BCUT2D eigenvalue weighted by Crippen LogP contribution is -2.38. The predicted molar refractivity (Wildman–Crippen MR) is 65.5 cm³/mol. The summed E-state index contributed by atoms with van der Waals surface area (Å²) in [7, 11) is 0. The van der Waals surface area contributed by atoms with E-state index in [4.69, 9.17) is 0 Å². The Morgan fingerprint density at radius 1 is 1.29 bits per heavy atom. The minimum Gasteiger partial charge on any atom is -0.314 e. The van der Waals surface area contributed by atoms with Crippen molar-refractivity contribution in [3.63, 3.8) is 0 Å². The molecule has 0 amide bonds. The molecule has 0 saturated heterocycles. The Morgan fingerprint density at radius 3 is 2.29 bits per heavy atom. The van der Waals surface area contributed by atoms with E-state index >= 15 is 0 Å². The molecule has 1 unspecified atom stereocenters. The van der Waals surface area contributed by atoms with Crippen LogP contribution in [0.4, 0.5) is 0 Å². The fraction of sp³-hybridized carbons (Fsp3) is 0.846. The Hall–Kier alpha value is -0.300. The average molecular weight is 197 g/mol. The van der Waals surface area contributed by atoms with Gasteiger partial charge in [0.15, 0.2) is 0 Å². The summed E-state index contributed by atoms with van der Waals surface area (Å²) in [5.74, 6) is 0.724. The van der Waals surface area contributed by atoms with Crippen molar-refractivity contribution in [1.82, 2.24) is 5.32 Å². The van der Waals surface area contributed by atoms with E-state index in [2.05, 4.69) is 46.5 Å². The Kier molecular flexibility index (Phi) is 6.10. The third kappa shape index (κ3) is 5.43. The van der Waals surface area contributed by atoms with E-state index in [1.54, 1.807) is 0 Å². The zero-order chi connectivity index (χ0) is 11.2. The highest BCUT2D eigenvalue weighted by Crippen LogP contribution is 2.24. The molecule has 0 aromatic rings. The predicted octanol–water partition coefficient (Wildman–Crippen LogP) is 3.61. The van der Waals surface area contributed by atoms with Gasteiger partial charge in [0.1, 0.15) is 0 Å². The van der Waals surface area contributed by atoms with Crippen LogP contribution in [-0.4, -0.2) is 12.6 Å². The largest absolute Gasteiger partial charge is 0.314 e. The van der Waals surface area contributed by atoms with E-state index < -0.39 is 0 Å². The summed E-state index contributed by atoms with van der Waals surface area (Å²) in [6, 6.07) is 0.603. The molecule has 1 nitrogen and oxygen atoms in total. The maximum absolute atomic E-state index is 3.74. The minimum absolute atomic E-state index is 0.391. The summed E-state index contributed by atoms with van der Waals surface area (Å²) in [4.78, 5) is 0. The fourth-order valence-corrected chi connectivity index (χ4v) is 1.11. The molecule has 14 heavy (non-hydrogen) atoms. The third-order valence-electron chi connectivity index (χ3n) is 3.27. The van der Waals surface area contributed by atoms with Crippen molar-refractivity contribution in [2.45, 2.75) is 53.5 Å². The first-order valence-electron chi connectivity index (χ1n) is 5.74. The highest BCUT2D eigenvalue weighted by molar-refractivity contribution is 4.78. The Labute approximate surface area is 90.0 Å². The number of allylic oxidation sites excluding steroid dienone is 1. The van der Waals surface area contributed by atoms with Gasteiger partial charge in [-0.05, 0) is 31.1 Å². The van der Waals surface area contributed by atoms with Gasteiger partial charge >= 0.3 is 0 Å². The first-order chi connectivity index (χ1) is 6.40. The van der Waals surface area contributed by atoms with Crippen LogP contribution in [0, 0.1) is 11.3 Å². The van der Waals surface area contributed by atoms with Crippen molar-refractivity contribution in [3.05, 3.63) is 12.7 Å². The summed E-state index contributed by atoms with van der Waals surface area (Å²) in [5.41, 5.74) is 0.391. The van der Waals surface area contributed by atoms with Crippen LogP contribution in [-0.2, 0) is 0 Å². The molecule has 0 aromatic carbocycles. The molecule has 0 saturated carbocycles. The minimum atomic E-state index is 0.391. The lowest BCUT2D eigenvalue weighted by molar-refractivity contribution is 0.228. The van der Waals surface area contributed by atoms with E-state index in [-0.39, 0.29) is 0 Å². The molecular weight excluding hydrogens is 170 g/mol. The second-order valence-corrected chi connectivity index (χ2v) is 5.29. The van der Waals surface area contributed by atoms with E-state index in [0.717, 1.165) is 18.9 Å². The van der Waals surface area contributed by atoms with Crippen LogP contribution < -0.4 is 5.32 Å². The summed E-state index contributed by atoms with van der Waals surface area (Å²) in [5, 5.41) is 3.59. The Morgan fingerprint density at radius 2 is 1.86 bits per heavy atom. The molecule has 1 heteroatoms. The molecule has 0 heterocycles. The van der Waals surface area contributed by atoms with Crippen molar-refractivity contribution in [2.24, 2.45) is 11.3 Å². The third-order valence-corrected chi connectivity index (χ3v) is 3.27. The van der Waals surface area contributed by atoms with Gasteiger partial charge in [-0.2, -0.15) is 0 Å². The second-order valence-electron chi connectivity index (χ2n) is 5.29. The van der Waals surface area contributed by atoms with Crippen molar-refractivity contribution in [1.29, 1.82) is 0 Å². The van der Waals surface area contributed by atoms with E-state index in [9.17, 15) is 0 Å². The zero-order valence-corrected chi connectivity index (χ0v) is 10.6. The van der Waals surface area contributed by atoms with Gasteiger partial charge in [0.05, 0.1) is 0 Å². The molecule has 0 aliphatic heterocycles. The normalized spacial score (nSPS) is 14.4. The molecule has 0 spiro atoms. The van der Waals surface area contributed by atoms with Gasteiger partial charge in [-0.25, -0.2) is 0 Å². The SMILES string of the molecule is C=CCCC(C)NCC(C)(C)C(C)C. The van der Waals surface area contributed by atoms with Gasteiger partial charge in [0, 0.05) is 12.6 Å². The maximum atomic E-state index is 3.74. The topological polar surface area (TPSA) is 12.0 Å². The average Bonchev–Trinajstić information content (AvgIpc) is 2.11. The van der Waals surface area contributed by atoms with Crippen LogP contribution >= 0.6 is 0 Å². The molecule has 0 aliphatic carbocycles. The summed E-state index contributed by atoms with van der Waals surface area (Å²) >= 11 is 0. The standard InChI is InChI=1S/C13H27N/c1-7-8-9-12(4)14-10-13(5,6)11(2)3/h7,11-12,14H,1,8-10H2,2-6H3. The van der Waals surface area contributed by atoms with Crippen molar-refractivity contribution in [3.8, 4) is 0 Å². The smallest absolute Gasteiger partial charge is 0.00419 e. The molecule has 0 aliphatic rings. The zero-order valence-electron chi connectivity index (χ0n) is 10.6. The number of rotatable bonds is 7. The summed E-state index contributed by atoms with van der Waals surface area (Å²) in [6.07, 6.45) is 4.29. The fourth-order valence-electron chi connectivity index (χ4n) is 1.11. The van der Waals surface area contributed by atoms with E-state index in [1.807, 2.05) is 6.08 Å². The molecule has 0 fully saturated rings. The lowest BCUT2D eigenvalue weighted by atomic mass is 9.81. The number of hydrogen-bond acceptors (Lipinski definition) is 1. The van der Waals surface area contributed by atoms with Gasteiger partial charge in [-0.3, -0.25) is 0 Å². The van der Waals surface area contributed by atoms with E-state index in [1.165, 1.54) is 6.42 Å². The molecule has 0 aromatic heterocycles. The van der Waals surface area contributed by atoms with Crippen LogP contribution in [0.15, 0.2) is 12.7 Å². The van der Waals surface area contributed by atoms with Gasteiger partial charge in [0.2, 0.25) is 0 Å². The molecule has 0 rings (SSSR count). The van der Waals surface area contributed by atoms with Crippen LogP contribution in [0.3, 0.4) is 0 Å². The molecule has 1 atom stereocenters. The van der Waals surface area contributed by atoms with E-state index in [0.29, 0.717) is 11.5 Å². The number of nitrogens with one attached hydrogen (secondary N) is 1. The quantitative estimate of drug-likeness (QED) is 0.615. The van der Waals surface area contributed by atoms with Crippen molar-refractivity contribution in [2.75, 3.05) is 6.54 Å². The molecule has 1 N–H and O–H groups in total. The van der Waals surface area contributed by atoms with Gasteiger partial charge in [-0.1, -0.05) is 33.8 Å². The first-order valence-corrected chi connectivity index (χ1v) is 5.74. The van der Waals surface area contributed by atoms with Gasteiger partial charge in [-0.15, -0.1) is 6.58 Å². The molecule has 0 radical (unpaired) electrons. The maximum Gasteiger partial charge on any atom is 0.00419 e. The van der Waals surface area contributed by atoms with Crippen LogP contribution in [0.5, 0.6) is 0 Å². The number of hydrogen-bond donors (Lipinski definition) is 1. The van der Waals surface area contributed by atoms with Crippen LogP contribution in [0.2, 0.25) is 0 Å². The summed E-state index contributed by atoms with van der Waals surface area (Å²) in [6.45, 7) is 16.3. The highest BCUT2D eigenvalue weighted by Gasteiger charge is 2.22. The highest BCUT2D eigenvalue weighted by atomic mass is 14.9. The van der Waals surface area contributed by atoms with Gasteiger partial charge < -0.3 is 5.32 Å². The van der Waals surface area contributed by atoms with Crippen LogP contribution in [0.25, 0.3) is 0 Å². The monoisotopic (exact) mass is 197 g/mol.